The molecule has 9 nitrogen and oxygen atoms in total. The highest BCUT2D eigenvalue weighted by atomic mass is 35.5. The van der Waals surface area contributed by atoms with Crippen molar-refractivity contribution in [3.63, 3.8) is 0 Å². The van der Waals surface area contributed by atoms with Gasteiger partial charge in [0.2, 0.25) is 5.91 Å². The topological polar surface area (TPSA) is 107 Å². The van der Waals surface area contributed by atoms with Gasteiger partial charge in [0.05, 0.1) is 50.7 Å². The molecule has 47 heavy (non-hydrogen) atoms. The quantitative estimate of drug-likeness (QED) is 0.147. The number of nitrogen functional groups attached to an aromatic ring is 1. The SMILES string of the molecule is C=CC(=O)N1CC2CCOc3c(F)c(-c4c(N)c(Cl)cc(Cl)c4F)c(F)c4c3c(nc(=O)n4-c3c(C)ccnc3C(C)C)N2CC1C. The first-order valence-corrected chi connectivity index (χ1v) is 15.7. The van der Waals surface area contributed by atoms with Gasteiger partial charge in [-0.05, 0) is 43.5 Å². The molecule has 2 aliphatic rings. The lowest BCUT2D eigenvalue weighted by Gasteiger charge is -2.46. The maximum atomic E-state index is 17.4. The molecule has 246 valence electrons. The Hall–Kier alpha value is -4.29. The minimum Gasteiger partial charge on any atom is -0.490 e. The second-order valence-electron chi connectivity index (χ2n) is 12.1. The number of hydrogen-bond acceptors (Lipinski definition) is 7. The zero-order chi connectivity index (χ0) is 34.1. The number of amides is 1. The summed E-state index contributed by atoms with van der Waals surface area (Å²) in [6.45, 7) is 11.2. The number of fused-ring (bicyclic) bond motifs is 2. The van der Waals surface area contributed by atoms with Crippen molar-refractivity contribution in [3.05, 3.63) is 80.2 Å². The van der Waals surface area contributed by atoms with Gasteiger partial charge >= 0.3 is 5.69 Å². The number of nitrogens with zero attached hydrogens (tertiary/aromatic N) is 5. The van der Waals surface area contributed by atoms with Gasteiger partial charge in [0.15, 0.2) is 23.2 Å². The summed E-state index contributed by atoms with van der Waals surface area (Å²) in [5.74, 6) is -4.78. The van der Waals surface area contributed by atoms with Gasteiger partial charge in [0.25, 0.3) is 0 Å². The van der Waals surface area contributed by atoms with E-state index in [0.29, 0.717) is 11.3 Å². The van der Waals surface area contributed by atoms with Crippen molar-refractivity contribution < 1.29 is 22.7 Å². The van der Waals surface area contributed by atoms with Gasteiger partial charge in [-0.1, -0.05) is 43.6 Å². The zero-order valence-corrected chi connectivity index (χ0v) is 27.5. The number of ether oxygens (including phenoxy) is 1. The van der Waals surface area contributed by atoms with E-state index < -0.39 is 62.3 Å². The Balaban J connectivity index is 1.80. The molecule has 0 bridgehead atoms. The Kier molecular flexibility index (Phi) is 8.38. The average molecular weight is 688 g/mol. The number of anilines is 2. The summed E-state index contributed by atoms with van der Waals surface area (Å²) in [7, 11) is 0. The molecule has 1 fully saturated rings. The predicted octanol–water partition coefficient (Wildman–Crippen LogP) is 6.56. The Morgan fingerprint density at radius 2 is 1.87 bits per heavy atom. The molecule has 2 aromatic carbocycles. The molecule has 14 heteroatoms. The van der Waals surface area contributed by atoms with E-state index in [-0.39, 0.29) is 65.9 Å². The van der Waals surface area contributed by atoms with Crippen LogP contribution in [0, 0.1) is 24.4 Å². The van der Waals surface area contributed by atoms with Crippen LogP contribution in [0.4, 0.5) is 24.7 Å². The van der Waals surface area contributed by atoms with E-state index in [4.69, 9.17) is 33.7 Å². The number of aryl methyl sites for hydroxylation is 1. The number of carbonyl (C=O) groups excluding carboxylic acids is 1. The van der Waals surface area contributed by atoms with E-state index in [0.717, 1.165) is 10.6 Å². The number of hydrogen-bond donors (Lipinski definition) is 1. The molecule has 1 saturated heterocycles. The van der Waals surface area contributed by atoms with Gasteiger partial charge in [-0.25, -0.2) is 18.0 Å². The van der Waals surface area contributed by atoms with Crippen LogP contribution in [0.2, 0.25) is 10.0 Å². The molecular weight excluding hydrogens is 656 g/mol. The Morgan fingerprint density at radius 1 is 1.15 bits per heavy atom. The lowest BCUT2D eigenvalue weighted by molar-refractivity contribution is -0.129. The van der Waals surface area contributed by atoms with Crippen LogP contribution in [0.15, 0.2) is 35.8 Å². The summed E-state index contributed by atoms with van der Waals surface area (Å²) in [5, 5.41) is -0.882. The minimum atomic E-state index is -1.31. The smallest absolute Gasteiger partial charge is 0.354 e. The highest BCUT2D eigenvalue weighted by molar-refractivity contribution is 6.37. The highest BCUT2D eigenvalue weighted by Gasteiger charge is 2.40. The predicted molar refractivity (Wildman–Crippen MR) is 176 cm³/mol. The van der Waals surface area contributed by atoms with Crippen LogP contribution in [0.1, 0.15) is 44.4 Å². The molecular formula is C33H31Cl2F3N6O3. The van der Waals surface area contributed by atoms with Gasteiger partial charge in [0.1, 0.15) is 11.3 Å². The molecule has 4 aromatic rings. The fourth-order valence-electron chi connectivity index (χ4n) is 6.54. The van der Waals surface area contributed by atoms with Gasteiger partial charge in [-0.15, -0.1) is 0 Å². The Bertz CT molecular complexity index is 2030. The average Bonchev–Trinajstić information content (AvgIpc) is 3.02. The van der Waals surface area contributed by atoms with Crippen LogP contribution in [-0.4, -0.2) is 57.1 Å². The first kappa shape index (κ1) is 32.6. The third kappa shape index (κ3) is 5.09. The number of halogens is 5. The molecule has 0 aliphatic carbocycles. The molecule has 0 saturated carbocycles. The van der Waals surface area contributed by atoms with Crippen molar-refractivity contribution in [2.45, 2.75) is 52.1 Å². The number of rotatable bonds is 4. The van der Waals surface area contributed by atoms with E-state index in [1.54, 1.807) is 29.0 Å². The summed E-state index contributed by atoms with van der Waals surface area (Å²) < 4.78 is 57.0. The highest BCUT2D eigenvalue weighted by Crippen LogP contribution is 2.48. The van der Waals surface area contributed by atoms with E-state index in [2.05, 4.69) is 16.5 Å². The maximum absolute atomic E-state index is 17.4. The Labute approximate surface area is 278 Å². The van der Waals surface area contributed by atoms with Crippen molar-refractivity contribution in [2.75, 3.05) is 30.3 Å². The van der Waals surface area contributed by atoms with Crippen LogP contribution in [0.25, 0.3) is 27.7 Å². The largest absolute Gasteiger partial charge is 0.490 e. The second kappa shape index (κ2) is 12.1. The van der Waals surface area contributed by atoms with Crippen molar-refractivity contribution >= 4 is 51.5 Å². The van der Waals surface area contributed by atoms with E-state index in [1.807, 2.05) is 20.8 Å². The van der Waals surface area contributed by atoms with E-state index >= 15 is 13.2 Å². The first-order valence-electron chi connectivity index (χ1n) is 15.0. The fraction of sp³-hybridized carbons (Fsp3) is 0.333. The standard InChI is InChI=1S/C33H31Cl2F3N6O3/c1-6-20(45)42-13-17-8-10-47-31-23-30(25(37)21(26(31)38)22-24(36)18(34)11-19(35)27(22)39)44(29-15(4)7-9-40-28(29)14(2)3)33(46)41-32(23)43(17)12-16(42)5/h6-7,9,11,14,16-17H,1,8,10,12-13,39H2,2-5H3. The molecule has 6 rings (SSSR count). The first-order chi connectivity index (χ1) is 22.3. The van der Waals surface area contributed by atoms with Gasteiger partial charge in [-0.3, -0.25) is 14.3 Å². The number of nitrogens with two attached hydrogens (primary N) is 1. The van der Waals surface area contributed by atoms with Crippen LogP contribution >= 0.6 is 23.2 Å². The molecule has 4 heterocycles. The van der Waals surface area contributed by atoms with Crippen molar-refractivity contribution in [1.82, 2.24) is 19.4 Å². The fourth-order valence-corrected chi connectivity index (χ4v) is 7.00. The molecule has 2 aliphatic heterocycles. The van der Waals surface area contributed by atoms with E-state index in [1.165, 1.54) is 6.08 Å². The van der Waals surface area contributed by atoms with Crippen LogP contribution < -0.4 is 21.1 Å². The number of carbonyl (C=O) groups is 1. The maximum Gasteiger partial charge on any atom is 0.354 e. The summed E-state index contributed by atoms with van der Waals surface area (Å²) in [4.78, 5) is 39.2. The summed E-state index contributed by atoms with van der Waals surface area (Å²) in [5.41, 5.74) is 3.99. The third-order valence-corrected chi connectivity index (χ3v) is 9.39. The van der Waals surface area contributed by atoms with E-state index in [9.17, 15) is 9.59 Å². The second-order valence-corrected chi connectivity index (χ2v) is 12.9. The summed E-state index contributed by atoms with van der Waals surface area (Å²) in [6, 6.07) is 1.89. The van der Waals surface area contributed by atoms with Crippen LogP contribution in [0.5, 0.6) is 5.75 Å². The van der Waals surface area contributed by atoms with Gasteiger partial charge < -0.3 is 20.3 Å². The van der Waals surface area contributed by atoms with Gasteiger partial charge in [0, 0.05) is 37.3 Å². The number of aromatic nitrogens is 3. The van der Waals surface area contributed by atoms with Crippen molar-refractivity contribution in [3.8, 4) is 22.6 Å². The van der Waals surface area contributed by atoms with Gasteiger partial charge in [-0.2, -0.15) is 4.98 Å². The molecule has 0 spiro atoms. The monoisotopic (exact) mass is 686 g/mol. The van der Waals surface area contributed by atoms with Crippen molar-refractivity contribution in [1.29, 1.82) is 0 Å². The molecule has 1 amide bonds. The van der Waals surface area contributed by atoms with Crippen LogP contribution in [0.3, 0.4) is 0 Å². The lowest BCUT2D eigenvalue weighted by Crippen LogP contribution is -2.60. The summed E-state index contributed by atoms with van der Waals surface area (Å²) >= 11 is 12.3. The third-order valence-electron chi connectivity index (χ3n) is 8.80. The Morgan fingerprint density at radius 3 is 2.55 bits per heavy atom. The van der Waals surface area contributed by atoms with Crippen LogP contribution in [-0.2, 0) is 4.79 Å². The molecule has 2 aromatic heterocycles. The molecule has 2 atom stereocenters. The minimum absolute atomic E-state index is 0.0342. The van der Waals surface area contributed by atoms with Crippen molar-refractivity contribution in [2.24, 2.45) is 0 Å². The molecule has 2 unspecified atom stereocenters. The zero-order valence-electron chi connectivity index (χ0n) is 26.0. The number of pyridine rings is 1. The normalized spacial score (nSPS) is 17.7. The number of benzene rings is 2. The summed E-state index contributed by atoms with van der Waals surface area (Å²) in [6.07, 6.45) is 3.07. The molecule has 0 radical (unpaired) electrons. The number of piperazine rings is 1. The lowest BCUT2D eigenvalue weighted by atomic mass is 9.96. The molecule has 2 N–H and O–H groups in total.